The SMILES string of the molecule is CCC(C)Oc1cccc(C(=O)NNC(=O)c2cccs2)c1. The van der Waals surface area contributed by atoms with Crippen LogP contribution in [0.25, 0.3) is 0 Å². The maximum atomic E-state index is 12.0. The normalized spacial score (nSPS) is 11.5. The quantitative estimate of drug-likeness (QED) is 0.833. The third-order valence-corrected chi connectivity index (χ3v) is 3.91. The van der Waals surface area contributed by atoms with Crippen LogP contribution in [-0.2, 0) is 0 Å². The van der Waals surface area contributed by atoms with E-state index in [2.05, 4.69) is 10.9 Å². The lowest BCUT2D eigenvalue weighted by Crippen LogP contribution is -2.41. The number of rotatable bonds is 5. The molecule has 0 saturated carbocycles. The molecule has 0 fully saturated rings. The maximum absolute atomic E-state index is 12.0. The van der Waals surface area contributed by atoms with Crippen molar-refractivity contribution in [2.45, 2.75) is 26.4 Å². The molecule has 116 valence electrons. The molecule has 2 amide bonds. The summed E-state index contributed by atoms with van der Waals surface area (Å²) in [4.78, 5) is 24.3. The zero-order chi connectivity index (χ0) is 15.9. The summed E-state index contributed by atoms with van der Waals surface area (Å²) in [6.45, 7) is 4.00. The van der Waals surface area contributed by atoms with Gasteiger partial charge in [-0.3, -0.25) is 20.4 Å². The van der Waals surface area contributed by atoms with Gasteiger partial charge >= 0.3 is 0 Å². The topological polar surface area (TPSA) is 67.4 Å². The second-order valence-electron chi connectivity index (χ2n) is 4.75. The van der Waals surface area contributed by atoms with Crippen LogP contribution in [0.2, 0.25) is 0 Å². The highest BCUT2D eigenvalue weighted by Gasteiger charge is 2.11. The molecule has 5 nitrogen and oxygen atoms in total. The predicted octanol–water partition coefficient (Wildman–Crippen LogP) is 3.00. The van der Waals surface area contributed by atoms with E-state index in [9.17, 15) is 9.59 Å². The van der Waals surface area contributed by atoms with Gasteiger partial charge in [0.05, 0.1) is 11.0 Å². The van der Waals surface area contributed by atoms with Gasteiger partial charge in [-0.05, 0) is 43.0 Å². The van der Waals surface area contributed by atoms with Crippen molar-refractivity contribution in [2.24, 2.45) is 0 Å². The minimum Gasteiger partial charge on any atom is -0.491 e. The molecule has 1 unspecified atom stereocenters. The molecule has 0 spiro atoms. The molecule has 0 aliphatic carbocycles. The summed E-state index contributed by atoms with van der Waals surface area (Å²) in [6.07, 6.45) is 0.963. The number of ether oxygens (including phenoxy) is 1. The summed E-state index contributed by atoms with van der Waals surface area (Å²) in [7, 11) is 0. The number of carbonyl (C=O) groups excluding carboxylic acids is 2. The molecule has 22 heavy (non-hydrogen) atoms. The first-order valence-corrected chi connectivity index (χ1v) is 7.89. The molecule has 0 saturated heterocycles. The fourth-order valence-electron chi connectivity index (χ4n) is 1.68. The smallest absolute Gasteiger partial charge is 0.279 e. The van der Waals surface area contributed by atoms with Crippen molar-refractivity contribution >= 4 is 23.2 Å². The monoisotopic (exact) mass is 318 g/mol. The molecule has 2 aromatic rings. The lowest BCUT2D eigenvalue weighted by molar-refractivity contribution is 0.0848. The van der Waals surface area contributed by atoms with Gasteiger partial charge in [-0.15, -0.1) is 11.3 Å². The molecule has 0 radical (unpaired) electrons. The molecule has 1 aromatic heterocycles. The van der Waals surface area contributed by atoms with E-state index in [1.807, 2.05) is 13.8 Å². The van der Waals surface area contributed by atoms with E-state index in [1.165, 1.54) is 11.3 Å². The molecule has 0 bridgehead atoms. The summed E-state index contributed by atoms with van der Waals surface area (Å²) >= 11 is 1.31. The first kappa shape index (κ1) is 16.0. The van der Waals surface area contributed by atoms with Gasteiger partial charge in [-0.2, -0.15) is 0 Å². The number of hydrazine groups is 1. The van der Waals surface area contributed by atoms with Gasteiger partial charge in [0, 0.05) is 5.56 Å². The van der Waals surface area contributed by atoms with E-state index >= 15 is 0 Å². The summed E-state index contributed by atoms with van der Waals surface area (Å²) in [5.74, 6) is -0.0959. The number of benzene rings is 1. The first-order valence-electron chi connectivity index (χ1n) is 7.01. The second-order valence-corrected chi connectivity index (χ2v) is 5.70. The number of hydrogen-bond acceptors (Lipinski definition) is 4. The number of nitrogens with one attached hydrogen (secondary N) is 2. The van der Waals surface area contributed by atoms with Gasteiger partial charge in [0.2, 0.25) is 0 Å². The van der Waals surface area contributed by atoms with Crippen molar-refractivity contribution < 1.29 is 14.3 Å². The average Bonchev–Trinajstić information content (AvgIpc) is 3.07. The summed E-state index contributed by atoms with van der Waals surface area (Å²) < 4.78 is 5.67. The number of hydrogen-bond donors (Lipinski definition) is 2. The largest absolute Gasteiger partial charge is 0.491 e. The minimum absolute atomic E-state index is 0.0804. The number of carbonyl (C=O) groups is 2. The van der Waals surface area contributed by atoms with Crippen LogP contribution >= 0.6 is 11.3 Å². The zero-order valence-corrected chi connectivity index (χ0v) is 13.3. The van der Waals surface area contributed by atoms with E-state index in [1.54, 1.807) is 41.8 Å². The van der Waals surface area contributed by atoms with Gasteiger partial charge in [0.15, 0.2) is 0 Å². The summed E-state index contributed by atoms with van der Waals surface area (Å²) in [5.41, 5.74) is 5.20. The van der Waals surface area contributed by atoms with E-state index in [4.69, 9.17) is 4.74 Å². The first-order chi connectivity index (χ1) is 10.6. The molecular weight excluding hydrogens is 300 g/mol. The van der Waals surface area contributed by atoms with Crippen molar-refractivity contribution in [1.29, 1.82) is 0 Å². The van der Waals surface area contributed by atoms with Crippen LogP contribution in [0, 0.1) is 0 Å². The Morgan fingerprint density at radius 1 is 1.18 bits per heavy atom. The highest BCUT2D eigenvalue weighted by molar-refractivity contribution is 7.12. The fourth-order valence-corrected chi connectivity index (χ4v) is 2.30. The second kappa shape index (κ2) is 7.61. The lowest BCUT2D eigenvalue weighted by atomic mass is 10.2. The molecule has 0 aliphatic heterocycles. The number of thiophene rings is 1. The van der Waals surface area contributed by atoms with E-state index in [0.717, 1.165) is 6.42 Å². The molecule has 1 heterocycles. The maximum Gasteiger partial charge on any atom is 0.279 e. The third-order valence-electron chi connectivity index (χ3n) is 3.04. The van der Waals surface area contributed by atoms with Crippen molar-refractivity contribution in [3.05, 3.63) is 52.2 Å². The Balaban J connectivity index is 1.95. The van der Waals surface area contributed by atoms with Gasteiger partial charge in [0.25, 0.3) is 11.8 Å². The molecule has 0 aliphatic rings. The average molecular weight is 318 g/mol. The van der Waals surface area contributed by atoms with Crippen LogP contribution < -0.4 is 15.6 Å². The van der Waals surface area contributed by atoms with Gasteiger partial charge in [-0.25, -0.2) is 0 Å². The lowest BCUT2D eigenvalue weighted by Gasteiger charge is -2.13. The Hall–Kier alpha value is -2.34. The van der Waals surface area contributed by atoms with Crippen LogP contribution in [0.1, 0.15) is 40.3 Å². The molecule has 6 heteroatoms. The third kappa shape index (κ3) is 4.33. The van der Waals surface area contributed by atoms with Gasteiger partial charge < -0.3 is 4.74 Å². The Kier molecular flexibility index (Phi) is 5.55. The van der Waals surface area contributed by atoms with Gasteiger partial charge in [-0.1, -0.05) is 19.1 Å². The molecular formula is C16H18N2O3S. The Bertz CT molecular complexity index is 641. The van der Waals surface area contributed by atoms with Crippen LogP contribution in [-0.4, -0.2) is 17.9 Å². The van der Waals surface area contributed by atoms with Gasteiger partial charge in [0.1, 0.15) is 5.75 Å². The van der Waals surface area contributed by atoms with Crippen molar-refractivity contribution in [3.8, 4) is 5.75 Å². The van der Waals surface area contributed by atoms with Crippen molar-refractivity contribution in [2.75, 3.05) is 0 Å². The van der Waals surface area contributed by atoms with E-state index in [-0.39, 0.29) is 17.9 Å². The Labute approximate surface area is 133 Å². The summed E-state index contributed by atoms with van der Waals surface area (Å²) in [5, 5.41) is 1.80. The van der Waals surface area contributed by atoms with Crippen LogP contribution in [0.15, 0.2) is 41.8 Å². The number of amides is 2. The molecule has 2 rings (SSSR count). The standard InChI is InChI=1S/C16H18N2O3S/c1-3-11(2)21-13-7-4-6-12(10-13)15(19)17-18-16(20)14-8-5-9-22-14/h4-11H,3H2,1-2H3,(H,17,19)(H,18,20). The highest BCUT2D eigenvalue weighted by atomic mass is 32.1. The molecule has 1 atom stereocenters. The van der Waals surface area contributed by atoms with Crippen LogP contribution in [0.3, 0.4) is 0 Å². The molecule has 1 aromatic carbocycles. The van der Waals surface area contributed by atoms with E-state index in [0.29, 0.717) is 16.2 Å². The minimum atomic E-state index is -0.389. The molecule has 2 N–H and O–H groups in total. The fraction of sp³-hybridized carbons (Fsp3) is 0.250. The summed E-state index contributed by atoms with van der Waals surface area (Å²) in [6, 6.07) is 10.3. The van der Waals surface area contributed by atoms with Crippen molar-refractivity contribution in [3.63, 3.8) is 0 Å². The Morgan fingerprint density at radius 3 is 2.64 bits per heavy atom. The van der Waals surface area contributed by atoms with Crippen LogP contribution in [0.5, 0.6) is 5.75 Å². The van der Waals surface area contributed by atoms with Crippen LogP contribution in [0.4, 0.5) is 0 Å². The highest BCUT2D eigenvalue weighted by Crippen LogP contribution is 2.15. The predicted molar refractivity (Wildman–Crippen MR) is 86.1 cm³/mol. The zero-order valence-electron chi connectivity index (χ0n) is 12.5. The van der Waals surface area contributed by atoms with Crippen molar-refractivity contribution in [1.82, 2.24) is 10.9 Å². The Morgan fingerprint density at radius 2 is 1.95 bits per heavy atom. The van der Waals surface area contributed by atoms with E-state index < -0.39 is 0 Å².